The van der Waals surface area contributed by atoms with Crippen LogP contribution in [0.25, 0.3) is 0 Å². The lowest BCUT2D eigenvalue weighted by Gasteiger charge is -2.28. The molecule has 2 heterocycles. The number of nitro benzene ring substituents is 1. The van der Waals surface area contributed by atoms with Gasteiger partial charge in [-0.15, -0.1) is 0 Å². The summed E-state index contributed by atoms with van der Waals surface area (Å²) in [6.07, 6.45) is 6.67. The van der Waals surface area contributed by atoms with E-state index in [1.54, 1.807) is 17.9 Å². The molecule has 4 rings (SSSR count). The maximum absolute atomic E-state index is 12.9. The van der Waals surface area contributed by atoms with Crippen LogP contribution in [0, 0.1) is 23.0 Å². The number of hydrogen-bond donors (Lipinski definition) is 0. The SMILES string of the molecule is Cc1cc2c(cc1[N+](=O)[O-])CC(CCC(=O)N1CCC[C@H]1C(=O)N1CCCC1)C2. The van der Waals surface area contributed by atoms with E-state index in [0.717, 1.165) is 63.6 Å². The number of fused-ring (bicyclic) bond motifs is 1. The van der Waals surface area contributed by atoms with Crippen LogP contribution in [0.15, 0.2) is 12.1 Å². The van der Waals surface area contributed by atoms with Crippen molar-refractivity contribution in [3.63, 3.8) is 0 Å². The number of rotatable bonds is 5. The lowest BCUT2D eigenvalue weighted by atomic mass is 9.99. The van der Waals surface area contributed by atoms with Crippen LogP contribution in [0.3, 0.4) is 0 Å². The van der Waals surface area contributed by atoms with Gasteiger partial charge in [0.1, 0.15) is 6.04 Å². The fourth-order valence-electron chi connectivity index (χ4n) is 5.22. The van der Waals surface area contributed by atoms with E-state index in [0.29, 0.717) is 24.4 Å². The second-order valence-corrected chi connectivity index (χ2v) is 8.76. The first kappa shape index (κ1) is 19.9. The van der Waals surface area contributed by atoms with Gasteiger partial charge in [-0.05, 0) is 75.0 Å². The van der Waals surface area contributed by atoms with E-state index in [-0.39, 0.29) is 28.5 Å². The van der Waals surface area contributed by atoms with E-state index in [1.165, 1.54) is 5.56 Å². The number of likely N-dealkylation sites (tertiary alicyclic amines) is 2. The first-order chi connectivity index (χ1) is 13.9. The summed E-state index contributed by atoms with van der Waals surface area (Å²) in [4.78, 5) is 40.2. The maximum atomic E-state index is 12.9. The van der Waals surface area contributed by atoms with Gasteiger partial charge in [-0.25, -0.2) is 0 Å². The van der Waals surface area contributed by atoms with Gasteiger partial charge in [0, 0.05) is 37.7 Å². The molecule has 3 aliphatic rings. The third-order valence-corrected chi connectivity index (χ3v) is 6.77. The van der Waals surface area contributed by atoms with E-state index < -0.39 is 0 Å². The Bertz CT molecular complexity index is 832. The van der Waals surface area contributed by atoms with Crippen LogP contribution >= 0.6 is 0 Å². The van der Waals surface area contributed by atoms with E-state index in [4.69, 9.17) is 0 Å². The smallest absolute Gasteiger partial charge is 0.272 e. The zero-order chi connectivity index (χ0) is 20.5. The Labute approximate surface area is 171 Å². The number of carbonyl (C=O) groups is 2. The fraction of sp³-hybridized carbons (Fsp3) is 0.636. The summed E-state index contributed by atoms with van der Waals surface area (Å²) in [5.74, 6) is 0.549. The van der Waals surface area contributed by atoms with Crippen molar-refractivity contribution >= 4 is 17.5 Å². The lowest BCUT2D eigenvalue weighted by Crippen LogP contribution is -2.47. The molecule has 2 saturated heterocycles. The molecule has 2 atom stereocenters. The van der Waals surface area contributed by atoms with Crippen molar-refractivity contribution in [1.29, 1.82) is 0 Å². The maximum Gasteiger partial charge on any atom is 0.272 e. The van der Waals surface area contributed by atoms with Gasteiger partial charge >= 0.3 is 0 Å². The van der Waals surface area contributed by atoms with Crippen LogP contribution in [0.1, 0.15) is 55.2 Å². The van der Waals surface area contributed by atoms with Gasteiger partial charge in [0.15, 0.2) is 0 Å². The van der Waals surface area contributed by atoms with Crippen LogP contribution in [0.2, 0.25) is 0 Å². The van der Waals surface area contributed by atoms with Gasteiger partial charge in [-0.1, -0.05) is 0 Å². The van der Waals surface area contributed by atoms with E-state index in [2.05, 4.69) is 0 Å². The molecule has 0 aromatic heterocycles. The molecule has 2 fully saturated rings. The first-order valence-corrected chi connectivity index (χ1v) is 10.8. The summed E-state index contributed by atoms with van der Waals surface area (Å²) in [6.45, 7) is 4.10. The third-order valence-electron chi connectivity index (χ3n) is 6.77. The van der Waals surface area contributed by atoms with Crippen molar-refractivity contribution in [2.75, 3.05) is 19.6 Å². The molecule has 2 aliphatic heterocycles. The highest BCUT2D eigenvalue weighted by molar-refractivity contribution is 5.88. The molecule has 1 aromatic rings. The summed E-state index contributed by atoms with van der Waals surface area (Å²) in [6, 6.07) is 3.37. The summed E-state index contributed by atoms with van der Waals surface area (Å²) in [7, 11) is 0. The summed E-state index contributed by atoms with van der Waals surface area (Å²) in [5, 5.41) is 11.2. The molecule has 1 aromatic carbocycles. The predicted octanol–water partition coefficient (Wildman–Crippen LogP) is 3.01. The standard InChI is InChI=1S/C22H29N3O4/c1-15-11-17-12-16(13-18(17)14-20(15)25(28)29)6-7-21(26)24-10-4-5-19(24)22(27)23-8-2-3-9-23/h11,14,16,19H,2-10,12-13H2,1H3/t16?,19-/m0/s1. The molecule has 7 heteroatoms. The third kappa shape index (κ3) is 4.00. The molecule has 29 heavy (non-hydrogen) atoms. The molecule has 0 radical (unpaired) electrons. The van der Waals surface area contributed by atoms with Gasteiger partial charge in [-0.3, -0.25) is 19.7 Å². The molecule has 7 nitrogen and oxygen atoms in total. The molecule has 0 bridgehead atoms. The van der Waals surface area contributed by atoms with Gasteiger partial charge in [0.25, 0.3) is 5.69 Å². The van der Waals surface area contributed by atoms with Gasteiger partial charge in [0.2, 0.25) is 11.8 Å². The monoisotopic (exact) mass is 399 g/mol. The van der Waals surface area contributed by atoms with E-state index in [9.17, 15) is 19.7 Å². The second kappa shape index (κ2) is 8.13. The Morgan fingerprint density at radius 1 is 1.10 bits per heavy atom. The van der Waals surface area contributed by atoms with E-state index >= 15 is 0 Å². The van der Waals surface area contributed by atoms with Crippen molar-refractivity contribution in [3.05, 3.63) is 38.9 Å². The zero-order valence-electron chi connectivity index (χ0n) is 17.1. The van der Waals surface area contributed by atoms with E-state index in [1.807, 2.05) is 11.0 Å². The van der Waals surface area contributed by atoms with Crippen molar-refractivity contribution < 1.29 is 14.5 Å². The molecule has 0 spiro atoms. The number of amides is 2. The number of benzene rings is 1. The summed E-state index contributed by atoms with van der Waals surface area (Å²) >= 11 is 0. The number of nitrogens with zero attached hydrogens (tertiary/aromatic N) is 3. The highest BCUT2D eigenvalue weighted by Gasteiger charge is 2.37. The Kier molecular flexibility index (Phi) is 5.56. The van der Waals surface area contributed by atoms with Crippen LogP contribution in [0.4, 0.5) is 5.69 Å². The molecule has 0 saturated carbocycles. The van der Waals surface area contributed by atoms with Crippen LogP contribution in [-0.4, -0.2) is 52.2 Å². The average Bonchev–Trinajstić information content (AvgIpc) is 3.44. The highest BCUT2D eigenvalue weighted by atomic mass is 16.6. The Hall–Kier alpha value is -2.44. The van der Waals surface area contributed by atoms with Crippen LogP contribution in [0.5, 0.6) is 0 Å². The number of aryl methyl sites for hydroxylation is 1. The quantitative estimate of drug-likeness (QED) is 0.563. The lowest BCUT2D eigenvalue weighted by molar-refractivity contribution is -0.385. The summed E-state index contributed by atoms with van der Waals surface area (Å²) < 4.78 is 0. The average molecular weight is 399 g/mol. The fourth-order valence-corrected chi connectivity index (χ4v) is 5.22. The normalized spacial score (nSPS) is 23.5. The van der Waals surface area contributed by atoms with Crippen molar-refractivity contribution in [3.8, 4) is 0 Å². The first-order valence-electron chi connectivity index (χ1n) is 10.8. The molecule has 0 N–H and O–H groups in total. The van der Waals surface area contributed by atoms with Gasteiger partial charge < -0.3 is 9.80 Å². The van der Waals surface area contributed by atoms with Crippen molar-refractivity contribution in [2.45, 2.75) is 64.3 Å². The molecule has 156 valence electrons. The van der Waals surface area contributed by atoms with Gasteiger partial charge in [0.05, 0.1) is 4.92 Å². The largest absolute Gasteiger partial charge is 0.341 e. The second-order valence-electron chi connectivity index (χ2n) is 8.76. The minimum atomic E-state index is -0.322. The van der Waals surface area contributed by atoms with Gasteiger partial charge in [-0.2, -0.15) is 0 Å². The minimum absolute atomic E-state index is 0.0816. The van der Waals surface area contributed by atoms with Crippen molar-refractivity contribution in [2.24, 2.45) is 5.92 Å². The molecular formula is C22H29N3O4. The van der Waals surface area contributed by atoms with Crippen molar-refractivity contribution in [1.82, 2.24) is 9.80 Å². The van der Waals surface area contributed by atoms with Crippen LogP contribution < -0.4 is 0 Å². The highest BCUT2D eigenvalue weighted by Crippen LogP contribution is 2.34. The molecular weight excluding hydrogens is 370 g/mol. The Balaban J connectivity index is 1.33. The molecule has 1 unspecified atom stereocenters. The topological polar surface area (TPSA) is 83.8 Å². The molecule has 2 amide bonds. The number of hydrogen-bond acceptors (Lipinski definition) is 4. The predicted molar refractivity (Wildman–Crippen MR) is 109 cm³/mol. The minimum Gasteiger partial charge on any atom is -0.341 e. The zero-order valence-corrected chi connectivity index (χ0v) is 17.1. The summed E-state index contributed by atoms with van der Waals surface area (Å²) in [5.41, 5.74) is 3.10. The Morgan fingerprint density at radius 2 is 1.79 bits per heavy atom. The number of carbonyl (C=O) groups excluding carboxylic acids is 2. The van der Waals surface area contributed by atoms with Crippen LogP contribution in [-0.2, 0) is 22.4 Å². The number of nitro groups is 1. The Morgan fingerprint density at radius 3 is 2.48 bits per heavy atom. The molecule has 1 aliphatic carbocycles.